The Labute approximate surface area is 116 Å². The van der Waals surface area contributed by atoms with Crippen LogP contribution in [0.2, 0.25) is 0 Å². The van der Waals surface area contributed by atoms with E-state index in [1.165, 1.54) is 32.1 Å². The number of para-hydroxylation sites is 1. The Morgan fingerprint density at radius 1 is 1.26 bits per heavy atom. The summed E-state index contributed by atoms with van der Waals surface area (Å²) in [7, 11) is 0. The minimum absolute atomic E-state index is 0.352. The number of rotatable bonds is 6. The van der Waals surface area contributed by atoms with Gasteiger partial charge in [0.05, 0.1) is 0 Å². The molecule has 1 saturated carbocycles. The van der Waals surface area contributed by atoms with E-state index in [4.69, 9.17) is 4.74 Å². The zero-order chi connectivity index (χ0) is 13.5. The summed E-state index contributed by atoms with van der Waals surface area (Å²) in [4.78, 5) is 0. The third-order valence-electron chi connectivity index (χ3n) is 3.77. The quantitative estimate of drug-likeness (QED) is 0.829. The van der Waals surface area contributed by atoms with Gasteiger partial charge in [-0.25, -0.2) is 0 Å². The second-order valence-electron chi connectivity index (χ2n) is 5.47. The Morgan fingerprint density at radius 2 is 2.00 bits per heavy atom. The van der Waals surface area contributed by atoms with Crippen LogP contribution in [0.15, 0.2) is 24.3 Å². The molecular weight excluding hydrogens is 238 g/mol. The fourth-order valence-electron chi connectivity index (χ4n) is 2.57. The van der Waals surface area contributed by atoms with Gasteiger partial charge in [0.2, 0.25) is 0 Å². The van der Waals surface area contributed by atoms with E-state index in [9.17, 15) is 5.11 Å². The molecule has 1 aromatic carbocycles. The standard InChI is InChI=1S/C16H25NO2/c1-13-7-5-6-10-16(13)19-12-15(18)11-17-14-8-3-2-4-9-14/h5-7,10,14-15,17-18H,2-4,8-9,11-12H2,1H3/t15-/m1/s1. The Morgan fingerprint density at radius 3 is 2.74 bits per heavy atom. The molecule has 0 amide bonds. The van der Waals surface area contributed by atoms with Crippen LogP contribution in [0.1, 0.15) is 37.7 Å². The largest absolute Gasteiger partial charge is 0.491 e. The lowest BCUT2D eigenvalue weighted by Crippen LogP contribution is -2.39. The summed E-state index contributed by atoms with van der Waals surface area (Å²) in [5, 5.41) is 13.4. The summed E-state index contributed by atoms with van der Waals surface area (Å²) in [6.07, 6.45) is 6.02. The normalized spacial score (nSPS) is 18.2. The van der Waals surface area contributed by atoms with Crippen molar-refractivity contribution in [2.24, 2.45) is 0 Å². The summed E-state index contributed by atoms with van der Waals surface area (Å²) < 4.78 is 5.65. The smallest absolute Gasteiger partial charge is 0.122 e. The zero-order valence-electron chi connectivity index (χ0n) is 11.8. The number of aliphatic hydroxyl groups is 1. The molecule has 3 heteroatoms. The van der Waals surface area contributed by atoms with Gasteiger partial charge < -0.3 is 15.2 Å². The molecule has 0 spiro atoms. The first-order valence-electron chi connectivity index (χ1n) is 7.35. The molecule has 106 valence electrons. The molecule has 0 saturated heterocycles. The van der Waals surface area contributed by atoms with Crippen LogP contribution in [0.4, 0.5) is 0 Å². The van der Waals surface area contributed by atoms with Crippen molar-refractivity contribution in [1.82, 2.24) is 5.32 Å². The molecule has 1 atom stereocenters. The molecule has 0 heterocycles. The van der Waals surface area contributed by atoms with Crippen LogP contribution in [0.3, 0.4) is 0 Å². The summed E-state index contributed by atoms with van der Waals surface area (Å²) in [5.74, 6) is 0.860. The van der Waals surface area contributed by atoms with Crippen LogP contribution in [0, 0.1) is 6.92 Å². The second kappa shape index (κ2) is 7.51. The maximum atomic E-state index is 9.94. The number of benzene rings is 1. The maximum Gasteiger partial charge on any atom is 0.122 e. The molecule has 1 aromatic rings. The van der Waals surface area contributed by atoms with Crippen LogP contribution in [-0.2, 0) is 0 Å². The van der Waals surface area contributed by atoms with Crippen molar-refractivity contribution < 1.29 is 9.84 Å². The van der Waals surface area contributed by atoms with Crippen LogP contribution in [-0.4, -0.2) is 30.4 Å². The van der Waals surface area contributed by atoms with E-state index >= 15 is 0 Å². The second-order valence-corrected chi connectivity index (χ2v) is 5.47. The molecule has 3 nitrogen and oxygen atoms in total. The highest BCUT2D eigenvalue weighted by atomic mass is 16.5. The molecule has 2 N–H and O–H groups in total. The minimum Gasteiger partial charge on any atom is -0.491 e. The average molecular weight is 263 g/mol. The molecule has 1 aliphatic rings. The zero-order valence-corrected chi connectivity index (χ0v) is 11.8. The lowest BCUT2D eigenvalue weighted by atomic mass is 9.95. The molecule has 0 aromatic heterocycles. The lowest BCUT2D eigenvalue weighted by molar-refractivity contribution is 0.101. The van der Waals surface area contributed by atoms with Crippen molar-refractivity contribution in [3.63, 3.8) is 0 Å². The maximum absolute atomic E-state index is 9.94. The van der Waals surface area contributed by atoms with E-state index in [-0.39, 0.29) is 0 Å². The third-order valence-corrected chi connectivity index (χ3v) is 3.77. The highest BCUT2D eigenvalue weighted by molar-refractivity contribution is 5.31. The fourth-order valence-corrected chi connectivity index (χ4v) is 2.57. The van der Waals surface area contributed by atoms with Crippen molar-refractivity contribution >= 4 is 0 Å². The molecule has 2 rings (SSSR count). The molecule has 19 heavy (non-hydrogen) atoms. The molecule has 1 fully saturated rings. The molecule has 0 bridgehead atoms. The number of hydrogen-bond donors (Lipinski definition) is 2. The van der Waals surface area contributed by atoms with Gasteiger partial charge in [-0.15, -0.1) is 0 Å². The number of hydrogen-bond acceptors (Lipinski definition) is 3. The van der Waals surface area contributed by atoms with Crippen molar-refractivity contribution in [2.75, 3.05) is 13.2 Å². The van der Waals surface area contributed by atoms with Crippen LogP contribution in [0.5, 0.6) is 5.75 Å². The van der Waals surface area contributed by atoms with Gasteiger partial charge in [-0.2, -0.15) is 0 Å². The van der Waals surface area contributed by atoms with E-state index in [1.807, 2.05) is 31.2 Å². The van der Waals surface area contributed by atoms with Crippen molar-refractivity contribution in [3.05, 3.63) is 29.8 Å². The highest BCUT2D eigenvalue weighted by Crippen LogP contribution is 2.18. The van der Waals surface area contributed by atoms with Crippen LogP contribution < -0.4 is 10.1 Å². The van der Waals surface area contributed by atoms with Gasteiger partial charge in [0.15, 0.2) is 0 Å². The number of aliphatic hydroxyl groups excluding tert-OH is 1. The van der Waals surface area contributed by atoms with Gasteiger partial charge in [0.1, 0.15) is 18.5 Å². The molecule has 0 unspecified atom stereocenters. The van der Waals surface area contributed by atoms with Crippen molar-refractivity contribution in [2.45, 2.75) is 51.2 Å². The first-order chi connectivity index (χ1) is 9.25. The van der Waals surface area contributed by atoms with Crippen LogP contribution in [0.25, 0.3) is 0 Å². The predicted octanol–water partition coefficient (Wildman–Crippen LogP) is 2.66. The summed E-state index contributed by atoms with van der Waals surface area (Å²) in [6.45, 7) is 2.99. The monoisotopic (exact) mass is 263 g/mol. The number of aryl methyl sites for hydroxylation is 1. The Bertz CT molecular complexity index is 375. The predicted molar refractivity (Wildman–Crippen MR) is 77.6 cm³/mol. The van der Waals surface area contributed by atoms with Crippen molar-refractivity contribution in [3.8, 4) is 5.75 Å². The Hall–Kier alpha value is -1.06. The molecule has 0 aliphatic heterocycles. The minimum atomic E-state index is -0.443. The Balaban J connectivity index is 1.66. The average Bonchev–Trinajstić information content (AvgIpc) is 2.45. The highest BCUT2D eigenvalue weighted by Gasteiger charge is 2.14. The van der Waals surface area contributed by atoms with Gasteiger partial charge >= 0.3 is 0 Å². The van der Waals surface area contributed by atoms with Gasteiger partial charge in [-0.1, -0.05) is 37.5 Å². The van der Waals surface area contributed by atoms with E-state index in [2.05, 4.69) is 5.32 Å². The van der Waals surface area contributed by atoms with E-state index in [0.29, 0.717) is 19.2 Å². The van der Waals surface area contributed by atoms with Gasteiger partial charge in [-0.05, 0) is 31.4 Å². The summed E-state index contributed by atoms with van der Waals surface area (Å²) in [5.41, 5.74) is 1.11. The van der Waals surface area contributed by atoms with E-state index in [1.54, 1.807) is 0 Å². The summed E-state index contributed by atoms with van der Waals surface area (Å²) in [6, 6.07) is 8.48. The Kier molecular flexibility index (Phi) is 5.67. The first kappa shape index (κ1) is 14.4. The molecule has 1 aliphatic carbocycles. The van der Waals surface area contributed by atoms with Gasteiger partial charge in [0.25, 0.3) is 0 Å². The lowest BCUT2D eigenvalue weighted by Gasteiger charge is -2.24. The van der Waals surface area contributed by atoms with Gasteiger partial charge in [-0.3, -0.25) is 0 Å². The molecule has 0 radical (unpaired) electrons. The number of ether oxygens (including phenoxy) is 1. The summed E-state index contributed by atoms with van der Waals surface area (Å²) >= 11 is 0. The van der Waals surface area contributed by atoms with Gasteiger partial charge in [0, 0.05) is 12.6 Å². The first-order valence-corrected chi connectivity index (χ1v) is 7.35. The van der Waals surface area contributed by atoms with Crippen molar-refractivity contribution in [1.29, 1.82) is 0 Å². The number of nitrogens with one attached hydrogen (secondary N) is 1. The van der Waals surface area contributed by atoms with E-state index < -0.39 is 6.10 Å². The SMILES string of the molecule is Cc1ccccc1OC[C@H](O)CNC1CCCCC1. The third kappa shape index (κ3) is 4.84. The van der Waals surface area contributed by atoms with E-state index in [0.717, 1.165) is 11.3 Å². The fraction of sp³-hybridized carbons (Fsp3) is 0.625. The molecular formula is C16H25NO2. The topological polar surface area (TPSA) is 41.5 Å². The van der Waals surface area contributed by atoms with Crippen LogP contribution >= 0.6 is 0 Å².